The van der Waals surface area contributed by atoms with Crippen LogP contribution in [-0.4, -0.2) is 4.98 Å². The Balaban J connectivity index is 2.11. The Morgan fingerprint density at radius 2 is 2.12 bits per heavy atom. The Labute approximate surface area is 98.8 Å². The van der Waals surface area contributed by atoms with Gasteiger partial charge in [0.15, 0.2) is 0 Å². The number of aromatic nitrogens is 1. The second kappa shape index (κ2) is 4.01. The molecule has 1 aromatic carbocycles. The van der Waals surface area contributed by atoms with Crippen molar-refractivity contribution in [3.05, 3.63) is 71.9 Å². The van der Waals surface area contributed by atoms with Gasteiger partial charge in [-0.25, -0.2) is 4.39 Å². The number of hydrogen-bond acceptors (Lipinski definition) is 2. The fourth-order valence-corrected chi connectivity index (χ4v) is 2.08. The van der Waals surface area contributed by atoms with Crippen LogP contribution in [0.5, 0.6) is 0 Å². The van der Waals surface area contributed by atoms with E-state index in [0.717, 1.165) is 16.9 Å². The van der Waals surface area contributed by atoms with E-state index in [1.807, 2.05) is 30.5 Å². The maximum atomic E-state index is 13.3. The van der Waals surface area contributed by atoms with E-state index in [-0.39, 0.29) is 11.7 Å². The molecule has 2 aromatic rings. The molecule has 0 aliphatic carbocycles. The molecule has 1 aliphatic heterocycles. The first-order chi connectivity index (χ1) is 8.34. The highest BCUT2D eigenvalue weighted by molar-refractivity contribution is 5.60. The van der Waals surface area contributed by atoms with Crippen molar-refractivity contribution in [2.24, 2.45) is 0 Å². The van der Waals surface area contributed by atoms with Gasteiger partial charge in [-0.15, -0.1) is 0 Å². The first-order valence-electron chi connectivity index (χ1n) is 5.48. The van der Waals surface area contributed by atoms with E-state index in [4.69, 9.17) is 0 Å². The van der Waals surface area contributed by atoms with Crippen LogP contribution in [0.15, 0.2) is 54.9 Å². The maximum Gasteiger partial charge on any atom is 0.123 e. The van der Waals surface area contributed by atoms with E-state index in [1.165, 1.54) is 6.07 Å². The van der Waals surface area contributed by atoms with Gasteiger partial charge in [0.05, 0.1) is 5.69 Å². The first-order valence-corrected chi connectivity index (χ1v) is 5.48. The minimum atomic E-state index is -0.221. The number of rotatable bonds is 1. The SMILES string of the molecule is Fc1ccc2c(c1)C(c1ccccn1)C=CN2. The molecular formula is C14H11FN2. The predicted octanol–water partition coefficient (Wildman–Crippen LogP) is 3.29. The average Bonchev–Trinajstić information content (AvgIpc) is 2.39. The summed E-state index contributed by atoms with van der Waals surface area (Å²) < 4.78 is 13.3. The zero-order chi connectivity index (χ0) is 11.7. The van der Waals surface area contributed by atoms with Crippen molar-refractivity contribution in [2.75, 3.05) is 5.32 Å². The highest BCUT2D eigenvalue weighted by Crippen LogP contribution is 2.33. The molecule has 0 amide bonds. The standard InChI is InChI=1S/C14H11FN2/c15-10-4-5-14-12(9-10)11(6-8-17-14)13-3-1-2-7-16-13/h1-9,11,17H. The second-order valence-corrected chi connectivity index (χ2v) is 3.97. The Morgan fingerprint density at radius 3 is 2.94 bits per heavy atom. The fraction of sp³-hybridized carbons (Fsp3) is 0.0714. The van der Waals surface area contributed by atoms with Gasteiger partial charge in [-0.2, -0.15) is 0 Å². The molecule has 2 nitrogen and oxygen atoms in total. The van der Waals surface area contributed by atoms with Gasteiger partial charge in [-0.05, 0) is 42.1 Å². The summed E-state index contributed by atoms with van der Waals surface area (Å²) in [6, 6.07) is 10.5. The van der Waals surface area contributed by atoms with E-state index in [1.54, 1.807) is 18.3 Å². The molecule has 0 bridgehead atoms. The Bertz CT molecular complexity index is 564. The Morgan fingerprint density at radius 1 is 1.18 bits per heavy atom. The van der Waals surface area contributed by atoms with Crippen molar-refractivity contribution in [3.8, 4) is 0 Å². The van der Waals surface area contributed by atoms with Gasteiger partial charge >= 0.3 is 0 Å². The van der Waals surface area contributed by atoms with Gasteiger partial charge in [0.1, 0.15) is 5.82 Å². The smallest absolute Gasteiger partial charge is 0.123 e. The predicted molar refractivity (Wildman–Crippen MR) is 65.2 cm³/mol. The molecule has 0 fully saturated rings. The largest absolute Gasteiger partial charge is 0.362 e. The van der Waals surface area contributed by atoms with Gasteiger partial charge in [-0.1, -0.05) is 12.1 Å². The molecule has 2 heterocycles. The normalized spacial score (nSPS) is 17.4. The molecule has 0 spiro atoms. The monoisotopic (exact) mass is 226 g/mol. The Kier molecular flexibility index (Phi) is 2.37. The topological polar surface area (TPSA) is 24.9 Å². The van der Waals surface area contributed by atoms with Crippen LogP contribution in [0.3, 0.4) is 0 Å². The van der Waals surface area contributed by atoms with Crippen LogP contribution in [0.1, 0.15) is 17.2 Å². The van der Waals surface area contributed by atoms with Crippen molar-refractivity contribution >= 4 is 5.69 Å². The summed E-state index contributed by atoms with van der Waals surface area (Å²) in [5.74, 6) is -0.204. The van der Waals surface area contributed by atoms with Crippen molar-refractivity contribution in [1.82, 2.24) is 4.98 Å². The molecule has 3 rings (SSSR count). The summed E-state index contributed by atoms with van der Waals surface area (Å²) in [6.07, 6.45) is 5.62. The third-order valence-corrected chi connectivity index (χ3v) is 2.88. The lowest BCUT2D eigenvalue weighted by Crippen LogP contribution is -2.09. The summed E-state index contributed by atoms with van der Waals surface area (Å²) in [6.45, 7) is 0. The summed E-state index contributed by atoms with van der Waals surface area (Å²) in [5.41, 5.74) is 2.79. The molecule has 1 N–H and O–H groups in total. The maximum absolute atomic E-state index is 13.3. The number of benzene rings is 1. The average molecular weight is 226 g/mol. The van der Waals surface area contributed by atoms with Gasteiger partial charge in [0, 0.05) is 17.8 Å². The lowest BCUT2D eigenvalue weighted by Gasteiger charge is -2.21. The molecular weight excluding hydrogens is 215 g/mol. The minimum Gasteiger partial charge on any atom is -0.362 e. The van der Waals surface area contributed by atoms with Crippen LogP contribution in [0.2, 0.25) is 0 Å². The number of fused-ring (bicyclic) bond motifs is 1. The van der Waals surface area contributed by atoms with E-state index in [9.17, 15) is 4.39 Å². The molecule has 1 aliphatic rings. The van der Waals surface area contributed by atoms with E-state index in [2.05, 4.69) is 10.3 Å². The molecule has 17 heavy (non-hydrogen) atoms. The number of anilines is 1. The van der Waals surface area contributed by atoms with Crippen molar-refractivity contribution in [2.45, 2.75) is 5.92 Å². The molecule has 0 radical (unpaired) electrons. The number of nitrogens with zero attached hydrogens (tertiary/aromatic N) is 1. The van der Waals surface area contributed by atoms with Gasteiger partial charge < -0.3 is 5.32 Å². The third-order valence-electron chi connectivity index (χ3n) is 2.88. The van der Waals surface area contributed by atoms with Crippen LogP contribution >= 0.6 is 0 Å². The number of halogens is 1. The zero-order valence-electron chi connectivity index (χ0n) is 9.10. The summed E-state index contributed by atoms with van der Waals surface area (Å²) >= 11 is 0. The molecule has 1 unspecified atom stereocenters. The quantitative estimate of drug-likeness (QED) is 0.807. The second-order valence-electron chi connectivity index (χ2n) is 3.97. The van der Waals surface area contributed by atoms with Crippen LogP contribution in [0.25, 0.3) is 0 Å². The zero-order valence-corrected chi connectivity index (χ0v) is 9.10. The molecule has 0 saturated carbocycles. The molecule has 3 heteroatoms. The van der Waals surface area contributed by atoms with E-state index < -0.39 is 0 Å². The molecule has 84 valence electrons. The van der Waals surface area contributed by atoms with Gasteiger partial charge in [0.2, 0.25) is 0 Å². The molecule has 0 saturated heterocycles. The van der Waals surface area contributed by atoms with Crippen LogP contribution in [-0.2, 0) is 0 Å². The van der Waals surface area contributed by atoms with E-state index in [0.29, 0.717) is 0 Å². The van der Waals surface area contributed by atoms with Gasteiger partial charge in [0.25, 0.3) is 0 Å². The first kappa shape index (κ1) is 10.0. The molecule has 1 atom stereocenters. The van der Waals surface area contributed by atoms with Crippen LogP contribution in [0, 0.1) is 5.82 Å². The van der Waals surface area contributed by atoms with Crippen molar-refractivity contribution in [3.63, 3.8) is 0 Å². The lowest BCUT2D eigenvalue weighted by atomic mass is 9.91. The van der Waals surface area contributed by atoms with Crippen molar-refractivity contribution in [1.29, 1.82) is 0 Å². The highest BCUT2D eigenvalue weighted by Gasteiger charge is 2.19. The third kappa shape index (κ3) is 1.80. The summed E-state index contributed by atoms with van der Waals surface area (Å²) in [4.78, 5) is 4.33. The van der Waals surface area contributed by atoms with Crippen molar-refractivity contribution < 1.29 is 4.39 Å². The molecule has 1 aromatic heterocycles. The van der Waals surface area contributed by atoms with Crippen LogP contribution in [0.4, 0.5) is 10.1 Å². The highest BCUT2D eigenvalue weighted by atomic mass is 19.1. The minimum absolute atomic E-state index is 0.0168. The van der Waals surface area contributed by atoms with E-state index >= 15 is 0 Å². The summed E-state index contributed by atoms with van der Waals surface area (Å²) in [7, 11) is 0. The van der Waals surface area contributed by atoms with Crippen LogP contribution < -0.4 is 5.32 Å². The lowest BCUT2D eigenvalue weighted by molar-refractivity contribution is 0.625. The number of allylic oxidation sites excluding steroid dienone is 1. The Hall–Kier alpha value is -2.16. The number of pyridine rings is 1. The summed E-state index contributed by atoms with van der Waals surface area (Å²) in [5, 5.41) is 3.11. The number of nitrogens with one attached hydrogen (secondary N) is 1. The number of hydrogen-bond donors (Lipinski definition) is 1. The van der Waals surface area contributed by atoms with Gasteiger partial charge in [-0.3, -0.25) is 4.98 Å². The fourth-order valence-electron chi connectivity index (χ4n) is 2.08.